The number of aliphatic hydroxyl groups is 1. The van der Waals surface area contributed by atoms with E-state index in [1.54, 1.807) is 0 Å². The van der Waals surface area contributed by atoms with E-state index in [-0.39, 0.29) is 25.7 Å². The highest BCUT2D eigenvalue weighted by Gasteiger charge is 2.30. The number of carbonyl (C=O) groups excluding carboxylic acids is 4. The van der Waals surface area contributed by atoms with E-state index in [9.17, 15) is 43.2 Å². The highest BCUT2D eigenvalue weighted by atomic mass is 31.2. The molecular weight excluding hydrogens is 1310 g/mol. The van der Waals surface area contributed by atoms with Crippen molar-refractivity contribution in [1.82, 2.24) is 0 Å². The van der Waals surface area contributed by atoms with Crippen molar-refractivity contribution in [2.24, 2.45) is 0 Å². The molecule has 100 heavy (non-hydrogen) atoms. The Morgan fingerprint density at radius 3 is 0.830 bits per heavy atom. The van der Waals surface area contributed by atoms with Crippen molar-refractivity contribution in [3.63, 3.8) is 0 Å². The molecule has 0 amide bonds. The molecule has 0 aliphatic heterocycles. The smallest absolute Gasteiger partial charge is 0.462 e. The van der Waals surface area contributed by atoms with Crippen LogP contribution in [0.3, 0.4) is 0 Å². The molecule has 5 atom stereocenters. The first-order chi connectivity index (χ1) is 48.7. The number of aliphatic hydroxyl groups excluding tert-OH is 1. The maximum absolute atomic E-state index is 13.1. The van der Waals surface area contributed by atoms with Crippen LogP contribution in [0, 0.1) is 0 Å². The van der Waals surface area contributed by atoms with Crippen molar-refractivity contribution >= 4 is 39.5 Å². The largest absolute Gasteiger partial charge is 0.472 e. The summed E-state index contributed by atoms with van der Waals surface area (Å²) in [6.45, 7) is 4.72. The standard InChI is InChI=1S/C81H144O17P2/c1-5-9-13-17-21-25-29-33-35-36-37-38-40-44-48-52-56-60-64-68-81(86)98-77(72-92-79(84)66-62-58-54-50-46-43-39-34-30-26-22-18-14-10-6-2)74-96-100(89,90)94-70-75(82)69-93-99(87,88)95-73-76(97-80(85)67-63-59-55-51-47-42-32-28-24-20-16-12-8-4)71-91-78(83)65-61-57-53-49-45-41-31-27-23-19-15-11-7-3/h9,13,21,25,27-28,31-33,35,37-38,44,48,75-77,82H,5-8,10-12,14-20,22-24,26,29-30,34,36,39-43,45-47,49-74H2,1-4H3,(H,87,88)(H,89,90)/b13-9-,25-21-,31-27-,32-28-,35-33-,38-37-,48-44-/t75-,76-,77-/m1/s1. The van der Waals surface area contributed by atoms with Crippen molar-refractivity contribution in [2.45, 2.75) is 367 Å². The lowest BCUT2D eigenvalue weighted by atomic mass is 10.0. The van der Waals surface area contributed by atoms with Gasteiger partial charge in [0.15, 0.2) is 12.2 Å². The number of hydrogen-bond donors (Lipinski definition) is 3. The maximum atomic E-state index is 13.1. The molecule has 0 aromatic carbocycles. The molecule has 0 saturated heterocycles. The molecule has 0 radical (unpaired) electrons. The molecule has 0 saturated carbocycles. The molecule has 0 heterocycles. The van der Waals surface area contributed by atoms with Gasteiger partial charge in [-0.3, -0.25) is 37.3 Å². The van der Waals surface area contributed by atoms with Gasteiger partial charge in [-0.25, -0.2) is 9.13 Å². The van der Waals surface area contributed by atoms with E-state index in [2.05, 4.69) is 113 Å². The van der Waals surface area contributed by atoms with Crippen molar-refractivity contribution < 1.29 is 80.2 Å². The molecule has 0 aliphatic carbocycles. The van der Waals surface area contributed by atoms with Crippen LogP contribution in [0.25, 0.3) is 0 Å². The topological polar surface area (TPSA) is 237 Å². The van der Waals surface area contributed by atoms with Gasteiger partial charge < -0.3 is 33.8 Å². The van der Waals surface area contributed by atoms with Crippen molar-refractivity contribution in [1.29, 1.82) is 0 Å². The van der Waals surface area contributed by atoms with Crippen LogP contribution in [0.5, 0.6) is 0 Å². The lowest BCUT2D eigenvalue weighted by molar-refractivity contribution is -0.161. The molecule has 580 valence electrons. The molecule has 0 aromatic heterocycles. The molecule has 17 nitrogen and oxygen atoms in total. The van der Waals surface area contributed by atoms with Crippen LogP contribution in [-0.2, 0) is 65.4 Å². The van der Waals surface area contributed by atoms with Gasteiger partial charge >= 0.3 is 39.5 Å². The average Bonchev–Trinajstić information content (AvgIpc) is 0.934. The summed E-state index contributed by atoms with van der Waals surface area (Å²) in [7, 11) is -9.96. The minimum Gasteiger partial charge on any atom is -0.462 e. The number of rotatable bonds is 75. The molecule has 3 N–H and O–H groups in total. The number of esters is 4. The molecular formula is C81H144O17P2. The van der Waals surface area contributed by atoms with E-state index in [1.165, 1.54) is 122 Å². The Bertz CT molecular complexity index is 2230. The fraction of sp³-hybridized carbons (Fsp3) is 0.778. The molecule has 0 rings (SSSR count). The van der Waals surface area contributed by atoms with E-state index in [4.69, 9.17) is 37.0 Å². The molecule has 19 heteroatoms. The quantitative estimate of drug-likeness (QED) is 0.0169. The fourth-order valence-electron chi connectivity index (χ4n) is 10.8. The van der Waals surface area contributed by atoms with Gasteiger partial charge in [-0.05, 0) is 122 Å². The highest BCUT2D eigenvalue weighted by molar-refractivity contribution is 7.47. The first-order valence-corrected chi connectivity index (χ1v) is 42.8. The molecule has 2 unspecified atom stereocenters. The van der Waals surface area contributed by atoms with Gasteiger partial charge in [0.1, 0.15) is 19.3 Å². The monoisotopic (exact) mass is 1450 g/mol. The van der Waals surface area contributed by atoms with E-state index < -0.39 is 97.5 Å². The normalized spacial score (nSPS) is 14.3. The van der Waals surface area contributed by atoms with E-state index in [0.29, 0.717) is 25.7 Å². The van der Waals surface area contributed by atoms with Crippen LogP contribution in [0.2, 0.25) is 0 Å². The zero-order valence-electron chi connectivity index (χ0n) is 63.4. The Morgan fingerprint density at radius 1 is 0.290 bits per heavy atom. The van der Waals surface area contributed by atoms with Crippen LogP contribution >= 0.6 is 15.6 Å². The van der Waals surface area contributed by atoms with Crippen LogP contribution in [0.4, 0.5) is 0 Å². The summed E-state index contributed by atoms with van der Waals surface area (Å²) < 4.78 is 68.5. The minimum absolute atomic E-state index is 0.0583. The first kappa shape index (κ1) is 96.2. The van der Waals surface area contributed by atoms with Crippen LogP contribution in [-0.4, -0.2) is 96.7 Å². The van der Waals surface area contributed by atoms with Gasteiger partial charge in [0.05, 0.1) is 26.4 Å². The van der Waals surface area contributed by atoms with Crippen molar-refractivity contribution in [3.05, 3.63) is 85.1 Å². The van der Waals surface area contributed by atoms with Gasteiger partial charge in [0.25, 0.3) is 0 Å². The predicted octanol–water partition coefficient (Wildman–Crippen LogP) is 23.0. The number of unbranched alkanes of at least 4 members (excludes halogenated alkanes) is 35. The summed E-state index contributed by atoms with van der Waals surface area (Å²) >= 11 is 0. The summed E-state index contributed by atoms with van der Waals surface area (Å²) in [5.41, 5.74) is 0. The van der Waals surface area contributed by atoms with Crippen LogP contribution in [0.15, 0.2) is 85.1 Å². The Labute approximate surface area is 608 Å². The third-order valence-corrected chi connectivity index (χ3v) is 18.7. The van der Waals surface area contributed by atoms with E-state index in [0.717, 1.165) is 148 Å². The zero-order chi connectivity index (χ0) is 73.2. The molecule has 0 spiro atoms. The second-order valence-corrected chi connectivity index (χ2v) is 29.5. The van der Waals surface area contributed by atoms with Crippen LogP contribution < -0.4 is 0 Å². The van der Waals surface area contributed by atoms with Crippen LogP contribution in [0.1, 0.15) is 349 Å². The summed E-state index contributed by atoms with van der Waals surface area (Å²) in [5, 5.41) is 10.6. The molecule has 0 aromatic rings. The minimum atomic E-state index is -4.98. The number of hydrogen-bond acceptors (Lipinski definition) is 15. The Balaban J connectivity index is 5.37. The molecule has 0 aliphatic rings. The van der Waals surface area contributed by atoms with Crippen molar-refractivity contribution in [3.8, 4) is 0 Å². The van der Waals surface area contributed by atoms with Gasteiger partial charge in [-0.15, -0.1) is 0 Å². The number of phosphoric ester groups is 2. The Hall–Kier alpha value is -3.76. The Morgan fingerprint density at radius 2 is 0.520 bits per heavy atom. The summed E-state index contributed by atoms with van der Waals surface area (Å²) in [6.07, 6.45) is 75.6. The van der Waals surface area contributed by atoms with E-state index in [1.807, 2.05) is 0 Å². The van der Waals surface area contributed by atoms with E-state index >= 15 is 0 Å². The lowest BCUT2D eigenvalue weighted by Gasteiger charge is -2.21. The molecule has 0 fully saturated rings. The predicted molar refractivity (Wildman–Crippen MR) is 409 cm³/mol. The summed E-state index contributed by atoms with van der Waals surface area (Å²) in [4.78, 5) is 72.9. The number of phosphoric acid groups is 2. The third-order valence-electron chi connectivity index (χ3n) is 16.8. The number of carbonyl (C=O) groups is 4. The SMILES string of the molecule is CC/C=C\C/C=C\C/C=C\C/C=C\C/C=C\CCCCCC(=O)O[C@H](COC(=O)CCCCCCCCCCCCCCCCC)COP(=O)(O)OC[C@H](O)COP(=O)(O)OC[C@@H](COC(=O)CCCCCCC/C=C\CCCCCC)OC(=O)CCCCCCC/C=C\CCCCCC. The second kappa shape index (κ2) is 73.5. The van der Waals surface area contributed by atoms with Gasteiger partial charge in [-0.1, -0.05) is 286 Å². The molecule has 0 bridgehead atoms. The summed E-state index contributed by atoms with van der Waals surface area (Å²) in [6, 6.07) is 0. The number of allylic oxidation sites excluding steroid dienone is 14. The second-order valence-electron chi connectivity index (χ2n) is 26.6. The lowest BCUT2D eigenvalue weighted by Crippen LogP contribution is -2.30. The average molecular weight is 1450 g/mol. The first-order valence-electron chi connectivity index (χ1n) is 39.8. The van der Waals surface area contributed by atoms with Crippen molar-refractivity contribution in [2.75, 3.05) is 39.6 Å². The maximum Gasteiger partial charge on any atom is 0.472 e. The highest BCUT2D eigenvalue weighted by Crippen LogP contribution is 2.45. The van der Waals surface area contributed by atoms with Gasteiger partial charge in [0.2, 0.25) is 0 Å². The van der Waals surface area contributed by atoms with Gasteiger partial charge in [-0.2, -0.15) is 0 Å². The fourth-order valence-corrected chi connectivity index (χ4v) is 12.3. The Kier molecular flexibility index (Phi) is 70.8. The number of ether oxygens (including phenoxy) is 4. The zero-order valence-corrected chi connectivity index (χ0v) is 65.2. The summed E-state index contributed by atoms with van der Waals surface area (Å²) in [5.74, 6) is -2.21. The third kappa shape index (κ3) is 72.6. The van der Waals surface area contributed by atoms with Gasteiger partial charge in [0, 0.05) is 25.7 Å².